The van der Waals surface area contributed by atoms with Crippen LogP contribution < -0.4 is 20.7 Å². The summed E-state index contributed by atoms with van der Waals surface area (Å²) in [6, 6.07) is 18.7. The van der Waals surface area contributed by atoms with Gasteiger partial charge < -0.3 is 25.1 Å². The van der Waals surface area contributed by atoms with Gasteiger partial charge in [0.1, 0.15) is 11.5 Å². The molecule has 0 radical (unpaired) electrons. The predicted molar refractivity (Wildman–Crippen MR) is 123 cm³/mol. The number of carbonyl (C=O) groups excluding carboxylic acids is 2. The molecule has 4 rings (SSSR count). The molecule has 9 nitrogen and oxygen atoms in total. The molecule has 0 saturated carbocycles. The highest BCUT2D eigenvalue weighted by Gasteiger charge is 2.09. The minimum absolute atomic E-state index is 0.265. The molecule has 4 N–H and O–H groups in total. The van der Waals surface area contributed by atoms with Crippen LogP contribution in [-0.4, -0.2) is 29.2 Å². The number of imidazole rings is 1. The number of benzene rings is 3. The van der Waals surface area contributed by atoms with Gasteiger partial charge in [0.25, 0.3) is 0 Å². The standard InChI is InChI=1S/C22H18ClN5O4/c1-31-22(30)28-20-26-18-9-8-17(12-19(18)27-20)32-16-7-3-6-15(11-16)25-21(29)24-14-5-2-4-13(23)10-14/h2-12H,1H3,(H2,24,25,29)(H2,26,27,28,30). The summed E-state index contributed by atoms with van der Waals surface area (Å²) < 4.78 is 10.5. The van der Waals surface area contributed by atoms with E-state index in [0.717, 1.165) is 0 Å². The van der Waals surface area contributed by atoms with Crippen molar-refractivity contribution in [3.63, 3.8) is 0 Å². The number of hydrogen-bond acceptors (Lipinski definition) is 5. The number of nitrogens with one attached hydrogen (secondary N) is 4. The number of urea groups is 1. The molecule has 1 aromatic heterocycles. The van der Waals surface area contributed by atoms with Crippen molar-refractivity contribution in [1.29, 1.82) is 0 Å². The second-order valence-corrected chi connectivity index (χ2v) is 7.04. The van der Waals surface area contributed by atoms with Crippen molar-refractivity contribution < 1.29 is 19.1 Å². The maximum atomic E-state index is 12.3. The Morgan fingerprint density at radius 1 is 0.906 bits per heavy atom. The maximum Gasteiger partial charge on any atom is 0.413 e. The average molecular weight is 452 g/mol. The smallest absolute Gasteiger partial charge is 0.413 e. The van der Waals surface area contributed by atoms with Crippen LogP contribution >= 0.6 is 11.6 Å². The maximum absolute atomic E-state index is 12.3. The van der Waals surface area contributed by atoms with Crippen molar-refractivity contribution >= 4 is 52.1 Å². The second kappa shape index (κ2) is 9.27. The molecule has 10 heteroatoms. The molecule has 0 spiro atoms. The molecule has 0 saturated heterocycles. The van der Waals surface area contributed by atoms with E-state index in [9.17, 15) is 9.59 Å². The number of carbonyl (C=O) groups is 2. The minimum atomic E-state index is -0.621. The number of aromatic nitrogens is 2. The summed E-state index contributed by atoms with van der Waals surface area (Å²) >= 11 is 5.93. The van der Waals surface area contributed by atoms with Crippen LogP contribution in [0.25, 0.3) is 11.0 Å². The Morgan fingerprint density at radius 3 is 2.38 bits per heavy atom. The minimum Gasteiger partial charge on any atom is -0.457 e. The average Bonchev–Trinajstić information content (AvgIpc) is 3.15. The highest BCUT2D eigenvalue weighted by atomic mass is 35.5. The van der Waals surface area contributed by atoms with Crippen molar-refractivity contribution in [2.45, 2.75) is 0 Å². The molecule has 3 aromatic carbocycles. The largest absolute Gasteiger partial charge is 0.457 e. The second-order valence-electron chi connectivity index (χ2n) is 6.60. The van der Waals surface area contributed by atoms with Crippen LogP contribution in [-0.2, 0) is 4.74 Å². The third-order valence-corrected chi connectivity index (χ3v) is 4.50. The Labute approximate surface area is 187 Å². The van der Waals surface area contributed by atoms with Gasteiger partial charge in [-0.3, -0.25) is 5.32 Å². The molecule has 162 valence electrons. The molecule has 0 fully saturated rings. The van der Waals surface area contributed by atoms with Gasteiger partial charge in [-0.15, -0.1) is 0 Å². The molecule has 32 heavy (non-hydrogen) atoms. The number of H-pyrrole nitrogens is 1. The summed E-state index contributed by atoms with van der Waals surface area (Å²) in [6.07, 6.45) is -0.621. The third-order valence-electron chi connectivity index (χ3n) is 4.27. The molecule has 0 unspecified atom stereocenters. The zero-order valence-electron chi connectivity index (χ0n) is 16.8. The van der Waals surface area contributed by atoms with Crippen LogP contribution in [0.4, 0.5) is 26.9 Å². The number of fused-ring (bicyclic) bond motifs is 1. The Balaban J connectivity index is 1.43. The molecule has 0 aliphatic heterocycles. The Morgan fingerprint density at radius 2 is 1.62 bits per heavy atom. The van der Waals surface area contributed by atoms with Crippen LogP contribution in [0.5, 0.6) is 11.5 Å². The van der Waals surface area contributed by atoms with Gasteiger partial charge in [0.05, 0.1) is 18.1 Å². The summed E-state index contributed by atoms with van der Waals surface area (Å²) in [4.78, 5) is 30.8. The van der Waals surface area contributed by atoms with Gasteiger partial charge in [-0.05, 0) is 42.5 Å². The van der Waals surface area contributed by atoms with Gasteiger partial charge in [-0.25, -0.2) is 14.6 Å². The predicted octanol–water partition coefficient (Wildman–Crippen LogP) is 5.83. The van der Waals surface area contributed by atoms with Gasteiger partial charge in [-0.1, -0.05) is 23.7 Å². The number of aromatic amines is 1. The van der Waals surface area contributed by atoms with E-state index in [-0.39, 0.29) is 5.95 Å². The van der Waals surface area contributed by atoms with Gasteiger partial charge in [0.2, 0.25) is 5.95 Å². The van der Waals surface area contributed by atoms with E-state index in [2.05, 4.69) is 30.7 Å². The first-order chi connectivity index (χ1) is 15.5. The van der Waals surface area contributed by atoms with E-state index < -0.39 is 12.1 Å². The summed E-state index contributed by atoms with van der Waals surface area (Å²) in [6.45, 7) is 0. The van der Waals surface area contributed by atoms with E-state index in [4.69, 9.17) is 16.3 Å². The van der Waals surface area contributed by atoms with E-state index in [0.29, 0.717) is 38.9 Å². The number of anilines is 3. The summed E-state index contributed by atoms with van der Waals surface area (Å²) in [7, 11) is 1.27. The normalized spacial score (nSPS) is 10.4. The Kier molecular flexibility index (Phi) is 6.09. The molecule has 0 bridgehead atoms. The van der Waals surface area contributed by atoms with Gasteiger partial charge in [-0.2, -0.15) is 0 Å². The molecule has 1 heterocycles. The first-order valence-electron chi connectivity index (χ1n) is 9.45. The Bertz CT molecular complexity index is 1290. The topological polar surface area (TPSA) is 117 Å². The fraction of sp³-hybridized carbons (Fsp3) is 0.0455. The number of hydrogen-bond donors (Lipinski definition) is 4. The Hall–Kier alpha value is -4.24. The van der Waals surface area contributed by atoms with E-state index in [1.54, 1.807) is 66.7 Å². The number of nitrogens with zero attached hydrogens (tertiary/aromatic N) is 1. The lowest BCUT2D eigenvalue weighted by Crippen LogP contribution is -2.19. The number of ether oxygens (including phenoxy) is 2. The molecular formula is C22H18ClN5O4. The van der Waals surface area contributed by atoms with Crippen molar-refractivity contribution in [2.75, 3.05) is 23.1 Å². The first-order valence-corrected chi connectivity index (χ1v) is 9.82. The number of halogens is 1. The van der Waals surface area contributed by atoms with Crippen molar-refractivity contribution in [2.24, 2.45) is 0 Å². The van der Waals surface area contributed by atoms with E-state index in [1.165, 1.54) is 7.11 Å². The fourth-order valence-electron chi connectivity index (χ4n) is 2.89. The fourth-order valence-corrected chi connectivity index (χ4v) is 3.08. The van der Waals surface area contributed by atoms with Crippen LogP contribution in [0.1, 0.15) is 0 Å². The van der Waals surface area contributed by atoms with Gasteiger partial charge in [0.15, 0.2) is 0 Å². The van der Waals surface area contributed by atoms with Crippen LogP contribution in [0.2, 0.25) is 5.02 Å². The van der Waals surface area contributed by atoms with E-state index >= 15 is 0 Å². The number of rotatable bonds is 5. The molecule has 3 amide bonds. The van der Waals surface area contributed by atoms with Gasteiger partial charge in [0, 0.05) is 28.5 Å². The van der Waals surface area contributed by atoms with Crippen LogP contribution in [0, 0.1) is 0 Å². The molecule has 4 aromatic rings. The lowest BCUT2D eigenvalue weighted by atomic mass is 10.3. The zero-order chi connectivity index (χ0) is 22.5. The quantitative estimate of drug-likeness (QED) is 0.304. The van der Waals surface area contributed by atoms with Crippen LogP contribution in [0.15, 0.2) is 66.7 Å². The first kappa shape index (κ1) is 21.0. The monoisotopic (exact) mass is 451 g/mol. The van der Waals surface area contributed by atoms with Crippen molar-refractivity contribution in [3.8, 4) is 11.5 Å². The number of amides is 3. The molecule has 0 aliphatic carbocycles. The van der Waals surface area contributed by atoms with Crippen LogP contribution in [0.3, 0.4) is 0 Å². The number of methoxy groups -OCH3 is 1. The lowest BCUT2D eigenvalue weighted by Gasteiger charge is -2.10. The SMILES string of the molecule is COC(=O)Nc1nc2ccc(Oc3cccc(NC(=O)Nc4cccc(Cl)c4)c3)cc2[nH]1. The zero-order valence-corrected chi connectivity index (χ0v) is 17.6. The highest BCUT2D eigenvalue weighted by molar-refractivity contribution is 6.30. The third kappa shape index (κ3) is 5.27. The molecule has 0 atom stereocenters. The molecule has 0 aliphatic rings. The summed E-state index contributed by atoms with van der Waals surface area (Å²) in [5.41, 5.74) is 2.45. The van der Waals surface area contributed by atoms with E-state index in [1.807, 2.05) is 0 Å². The summed E-state index contributed by atoms with van der Waals surface area (Å²) in [5, 5.41) is 8.47. The lowest BCUT2D eigenvalue weighted by molar-refractivity contribution is 0.186. The van der Waals surface area contributed by atoms with Crippen molar-refractivity contribution in [1.82, 2.24) is 9.97 Å². The molecular weight excluding hydrogens is 434 g/mol. The highest BCUT2D eigenvalue weighted by Crippen LogP contribution is 2.27. The summed E-state index contributed by atoms with van der Waals surface area (Å²) in [5.74, 6) is 1.34. The van der Waals surface area contributed by atoms with Gasteiger partial charge >= 0.3 is 12.1 Å². The van der Waals surface area contributed by atoms with Crippen molar-refractivity contribution in [3.05, 3.63) is 71.8 Å².